The standard InChI is InChI=1S/C18H18N2O5/c21-16(12-3-5-13(6-4-12)18(23)24)19-14-7-9-20(10-8-14)17(22)15-2-1-11-25-15/h1-6,11,14H,7-10H2,(H,19,21)(H,23,24). The number of piperidine rings is 1. The summed E-state index contributed by atoms with van der Waals surface area (Å²) in [6.07, 6.45) is 2.78. The Balaban J connectivity index is 1.52. The van der Waals surface area contributed by atoms with Gasteiger partial charge in [-0.2, -0.15) is 0 Å². The molecule has 1 aromatic carbocycles. The van der Waals surface area contributed by atoms with Gasteiger partial charge in [-0.05, 0) is 49.2 Å². The number of hydrogen-bond acceptors (Lipinski definition) is 4. The molecule has 1 fully saturated rings. The van der Waals surface area contributed by atoms with Gasteiger partial charge in [0.1, 0.15) is 0 Å². The highest BCUT2D eigenvalue weighted by atomic mass is 16.4. The predicted octanol–water partition coefficient (Wildman–Crippen LogP) is 2.01. The third-order valence-electron chi connectivity index (χ3n) is 4.24. The first-order valence-electron chi connectivity index (χ1n) is 8.01. The number of carboxylic acids is 1. The molecular weight excluding hydrogens is 324 g/mol. The third-order valence-corrected chi connectivity index (χ3v) is 4.24. The molecule has 7 nitrogen and oxygen atoms in total. The van der Waals surface area contributed by atoms with Crippen molar-refractivity contribution in [1.82, 2.24) is 10.2 Å². The number of carbonyl (C=O) groups excluding carboxylic acids is 2. The first-order valence-corrected chi connectivity index (χ1v) is 8.01. The fraction of sp³-hybridized carbons (Fsp3) is 0.278. The van der Waals surface area contributed by atoms with E-state index in [9.17, 15) is 14.4 Å². The zero-order chi connectivity index (χ0) is 17.8. The van der Waals surface area contributed by atoms with Crippen LogP contribution in [-0.4, -0.2) is 46.9 Å². The van der Waals surface area contributed by atoms with Crippen molar-refractivity contribution in [3.8, 4) is 0 Å². The quantitative estimate of drug-likeness (QED) is 0.885. The highest BCUT2D eigenvalue weighted by Gasteiger charge is 2.26. The van der Waals surface area contributed by atoms with Gasteiger partial charge in [0.15, 0.2) is 5.76 Å². The first kappa shape index (κ1) is 16.8. The fourth-order valence-electron chi connectivity index (χ4n) is 2.82. The van der Waals surface area contributed by atoms with Crippen molar-refractivity contribution in [2.75, 3.05) is 13.1 Å². The van der Waals surface area contributed by atoms with E-state index in [1.165, 1.54) is 30.5 Å². The minimum absolute atomic E-state index is 0.0210. The van der Waals surface area contributed by atoms with Gasteiger partial charge >= 0.3 is 5.97 Å². The number of furan rings is 1. The van der Waals surface area contributed by atoms with E-state index in [0.29, 0.717) is 37.3 Å². The number of benzene rings is 1. The second-order valence-electron chi connectivity index (χ2n) is 5.90. The maximum absolute atomic E-state index is 12.2. The molecule has 1 aliphatic rings. The summed E-state index contributed by atoms with van der Waals surface area (Å²) in [7, 11) is 0. The highest BCUT2D eigenvalue weighted by molar-refractivity contribution is 5.96. The van der Waals surface area contributed by atoms with Gasteiger partial charge < -0.3 is 19.7 Å². The molecule has 1 aliphatic heterocycles. The van der Waals surface area contributed by atoms with Gasteiger partial charge in [-0.3, -0.25) is 9.59 Å². The summed E-state index contributed by atoms with van der Waals surface area (Å²) in [6.45, 7) is 1.09. The topological polar surface area (TPSA) is 99.8 Å². The van der Waals surface area contributed by atoms with Crippen LogP contribution >= 0.6 is 0 Å². The molecule has 2 N–H and O–H groups in total. The van der Waals surface area contributed by atoms with Crippen LogP contribution in [0.4, 0.5) is 0 Å². The number of carbonyl (C=O) groups is 3. The number of amides is 2. The molecule has 3 rings (SSSR count). The molecule has 0 unspecified atom stereocenters. The van der Waals surface area contributed by atoms with Crippen LogP contribution in [-0.2, 0) is 0 Å². The second kappa shape index (κ2) is 7.21. The lowest BCUT2D eigenvalue weighted by Crippen LogP contribution is -2.46. The van der Waals surface area contributed by atoms with E-state index in [2.05, 4.69) is 5.32 Å². The molecule has 2 aromatic rings. The van der Waals surface area contributed by atoms with Crippen molar-refractivity contribution in [2.24, 2.45) is 0 Å². The Morgan fingerprint density at radius 3 is 2.24 bits per heavy atom. The van der Waals surface area contributed by atoms with E-state index in [4.69, 9.17) is 9.52 Å². The SMILES string of the molecule is O=C(O)c1ccc(C(=O)NC2CCN(C(=O)c3ccco3)CC2)cc1. The molecule has 25 heavy (non-hydrogen) atoms. The van der Waals surface area contributed by atoms with E-state index in [-0.39, 0.29) is 23.4 Å². The van der Waals surface area contributed by atoms with Crippen molar-refractivity contribution < 1.29 is 23.9 Å². The third kappa shape index (κ3) is 3.88. The summed E-state index contributed by atoms with van der Waals surface area (Å²) < 4.78 is 5.12. The molecule has 2 heterocycles. The maximum atomic E-state index is 12.2. The molecule has 0 radical (unpaired) electrons. The van der Waals surface area contributed by atoms with E-state index in [0.717, 1.165) is 0 Å². The summed E-state index contributed by atoms with van der Waals surface area (Å²) in [5.41, 5.74) is 0.556. The molecule has 0 saturated carbocycles. The monoisotopic (exact) mass is 342 g/mol. The molecule has 0 bridgehead atoms. The van der Waals surface area contributed by atoms with Crippen LogP contribution in [0.5, 0.6) is 0 Å². The summed E-state index contributed by atoms with van der Waals surface area (Å²) >= 11 is 0. The Morgan fingerprint density at radius 1 is 1.04 bits per heavy atom. The largest absolute Gasteiger partial charge is 0.478 e. The first-order chi connectivity index (χ1) is 12.0. The van der Waals surface area contributed by atoms with E-state index >= 15 is 0 Å². The zero-order valence-electron chi connectivity index (χ0n) is 13.5. The van der Waals surface area contributed by atoms with Crippen LogP contribution in [0, 0.1) is 0 Å². The zero-order valence-corrected chi connectivity index (χ0v) is 13.5. The number of hydrogen-bond donors (Lipinski definition) is 2. The molecule has 0 spiro atoms. The second-order valence-corrected chi connectivity index (χ2v) is 5.90. The fourth-order valence-corrected chi connectivity index (χ4v) is 2.82. The van der Waals surface area contributed by atoms with Gasteiger partial charge in [-0.15, -0.1) is 0 Å². The van der Waals surface area contributed by atoms with Crippen molar-refractivity contribution >= 4 is 17.8 Å². The van der Waals surface area contributed by atoms with Crippen molar-refractivity contribution in [2.45, 2.75) is 18.9 Å². The van der Waals surface area contributed by atoms with Crippen molar-refractivity contribution in [3.05, 3.63) is 59.5 Å². The predicted molar refractivity (Wildman–Crippen MR) is 88.5 cm³/mol. The smallest absolute Gasteiger partial charge is 0.335 e. The molecule has 7 heteroatoms. The van der Waals surface area contributed by atoms with Crippen LogP contribution in [0.1, 0.15) is 44.1 Å². The van der Waals surface area contributed by atoms with E-state index in [1.54, 1.807) is 17.0 Å². The van der Waals surface area contributed by atoms with Crippen LogP contribution in [0.3, 0.4) is 0 Å². The normalized spacial score (nSPS) is 15.0. The highest BCUT2D eigenvalue weighted by Crippen LogP contribution is 2.15. The van der Waals surface area contributed by atoms with Crippen LogP contribution in [0.2, 0.25) is 0 Å². The molecular formula is C18H18N2O5. The van der Waals surface area contributed by atoms with Gasteiger partial charge in [0, 0.05) is 24.7 Å². The Kier molecular flexibility index (Phi) is 4.83. The number of likely N-dealkylation sites (tertiary alicyclic amines) is 1. The van der Waals surface area contributed by atoms with Crippen molar-refractivity contribution in [1.29, 1.82) is 0 Å². The Hall–Kier alpha value is -3.09. The summed E-state index contributed by atoms with van der Waals surface area (Å²) in [5, 5.41) is 11.8. The lowest BCUT2D eigenvalue weighted by atomic mass is 10.0. The van der Waals surface area contributed by atoms with Crippen LogP contribution in [0.25, 0.3) is 0 Å². The van der Waals surface area contributed by atoms with Gasteiger partial charge in [0.05, 0.1) is 11.8 Å². The summed E-state index contributed by atoms with van der Waals surface area (Å²) in [6, 6.07) is 9.09. The molecule has 2 amide bonds. The van der Waals surface area contributed by atoms with Crippen LogP contribution in [0.15, 0.2) is 47.1 Å². The molecule has 0 aliphatic carbocycles. The number of aromatic carboxylic acids is 1. The molecule has 1 saturated heterocycles. The Labute approximate surface area is 144 Å². The minimum atomic E-state index is -1.03. The average Bonchev–Trinajstić information content (AvgIpc) is 3.16. The van der Waals surface area contributed by atoms with E-state index < -0.39 is 5.97 Å². The van der Waals surface area contributed by atoms with Gasteiger partial charge in [0.2, 0.25) is 0 Å². The molecule has 1 aromatic heterocycles. The number of nitrogens with one attached hydrogen (secondary N) is 1. The van der Waals surface area contributed by atoms with Crippen LogP contribution < -0.4 is 5.32 Å². The lowest BCUT2D eigenvalue weighted by molar-refractivity contribution is 0.0663. The summed E-state index contributed by atoms with van der Waals surface area (Å²) in [5.74, 6) is -1.09. The Bertz CT molecular complexity index is 759. The van der Waals surface area contributed by atoms with Gasteiger partial charge in [-0.1, -0.05) is 0 Å². The summed E-state index contributed by atoms with van der Waals surface area (Å²) in [4.78, 5) is 37.0. The maximum Gasteiger partial charge on any atom is 0.335 e. The number of carboxylic acid groups (broad SMARTS) is 1. The minimum Gasteiger partial charge on any atom is -0.478 e. The van der Waals surface area contributed by atoms with E-state index in [1.807, 2.05) is 0 Å². The Morgan fingerprint density at radius 2 is 1.68 bits per heavy atom. The van der Waals surface area contributed by atoms with Gasteiger partial charge in [0.25, 0.3) is 11.8 Å². The number of rotatable bonds is 4. The average molecular weight is 342 g/mol. The molecule has 0 atom stereocenters. The molecule has 130 valence electrons. The lowest BCUT2D eigenvalue weighted by Gasteiger charge is -2.31. The number of nitrogens with zero attached hydrogens (tertiary/aromatic N) is 1. The van der Waals surface area contributed by atoms with Gasteiger partial charge in [-0.25, -0.2) is 4.79 Å². The van der Waals surface area contributed by atoms with Crippen molar-refractivity contribution in [3.63, 3.8) is 0 Å².